The number of thiazole rings is 1. The van der Waals surface area contributed by atoms with Crippen molar-refractivity contribution in [1.29, 1.82) is 0 Å². The average Bonchev–Trinajstić information content (AvgIpc) is 3.50. The van der Waals surface area contributed by atoms with Crippen molar-refractivity contribution >= 4 is 49.8 Å². The number of oxazole rings is 1. The van der Waals surface area contributed by atoms with Gasteiger partial charge < -0.3 is 18.8 Å². The average molecular weight is 528 g/mol. The second-order valence-electron chi connectivity index (χ2n) is 8.32. The molecule has 0 aliphatic carbocycles. The van der Waals surface area contributed by atoms with E-state index < -0.39 is 10.1 Å². The van der Waals surface area contributed by atoms with Crippen LogP contribution in [0.4, 0.5) is 5.13 Å². The maximum absolute atomic E-state index is 11.4. The van der Waals surface area contributed by atoms with E-state index in [2.05, 4.69) is 14.9 Å². The maximum Gasteiger partial charge on any atom is 0.294 e. The van der Waals surface area contributed by atoms with Gasteiger partial charge in [-0.05, 0) is 48.4 Å². The highest BCUT2D eigenvalue weighted by molar-refractivity contribution is 7.85. The lowest BCUT2D eigenvalue weighted by molar-refractivity contribution is 0.122. The minimum atomic E-state index is -4.24. The number of rotatable bonds is 8. The van der Waals surface area contributed by atoms with Gasteiger partial charge in [-0.3, -0.25) is 4.55 Å². The molecule has 11 heteroatoms. The van der Waals surface area contributed by atoms with Gasteiger partial charge in [0, 0.05) is 42.7 Å². The van der Waals surface area contributed by atoms with Crippen LogP contribution in [-0.4, -0.2) is 55.8 Å². The molecule has 0 unspecified atom stereocenters. The van der Waals surface area contributed by atoms with Crippen LogP contribution >= 0.6 is 11.3 Å². The first kappa shape index (κ1) is 24.4. The molecule has 36 heavy (non-hydrogen) atoms. The highest BCUT2D eigenvalue weighted by atomic mass is 32.2. The summed E-state index contributed by atoms with van der Waals surface area (Å²) in [6, 6.07) is 9.96. The van der Waals surface area contributed by atoms with E-state index in [1.54, 1.807) is 23.5 Å². The van der Waals surface area contributed by atoms with Crippen LogP contribution in [0.3, 0.4) is 0 Å². The Labute approximate surface area is 212 Å². The molecule has 1 N–H and O–H groups in total. The number of ether oxygens (including phenoxy) is 2. The van der Waals surface area contributed by atoms with E-state index in [4.69, 9.17) is 13.9 Å². The molecule has 5 rings (SSSR count). The summed E-state index contributed by atoms with van der Waals surface area (Å²) in [5.41, 5.74) is 3.04. The van der Waals surface area contributed by atoms with E-state index in [-0.39, 0.29) is 4.90 Å². The second-order valence-corrected chi connectivity index (χ2v) is 10.8. The lowest BCUT2D eigenvalue weighted by atomic mass is 10.1. The van der Waals surface area contributed by atoms with Gasteiger partial charge in [-0.1, -0.05) is 17.4 Å². The molecular weight excluding hydrogens is 502 g/mol. The van der Waals surface area contributed by atoms with Crippen LogP contribution in [-0.2, 0) is 21.3 Å². The quantitative estimate of drug-likeness (QED) is 0.331. The molecule has 9 nitrogen and oxygen atoms in total. The van der Waals surface area contributed by atoms with E-state index in [1.807, 2.05) is 37.4 Å². The van der Waals surface area contributed by atoms with E-state index in [1.165, 1.54) is 12.1 Å². The third kappa shape index (κ3) is 5.76. The number of morpholine rings is 1. The number of hydrogen-bond acceptors (Lipinski definition) is 9. The lowest BCUT2D eigenvalue weighted by Crippen LogP contribution is -2.36. The van der Waals surface area contributed by atoms with Gasteiger partial charge in [0.25, 0.3) is 10.1 Å². The molecule has 188 valence electrons. The molecule has 2 aromatic carbocycles. The monoisotopic (exact) mass is 527 g/mol. The zero-order chi connectivity index (χ0) is 25.1. The van der Waals surface area contributed by atoms with Crippen molar-refractivity contribution in [2.45, 2.75) is 18.2 Å². The smallest absolute Gasteiger partial charge is 0.294 e. The highest BCUT2D eigenvalue weighted by Gasteiger charge is 2.14. The van der Waals surface area contributed by atoms with Gasteiger partial charge in [0.15, 0.2) is 10.7 Å². The van der Waals surface area contributed by atoms with E-state index in [9.17, 15) is 13.0 Å². The third-order valence-electron chi connectivity index (χ3n) is 5.82. The largest absolute Gasteiger partial charge is 0.493 e. The fourth-order valence-electron chi connectivity index (χ4n) is 3.85. The molecule has 1 aliphatic rings. The summed E-state index contributed by atoms with van der Waals surface area (Å²) in [5, 5.41) is 0.984. The van der Waals surface area contributed by atoms with Gasteiger partial charge >= 0.3 is 0 Å². The SMILES string of the molecule is Cc1ccc(S(=O)(=O)O)cc1CCOc1ccc2nc(/C=C/c3cnc(N4CCOCC4)s3)oc2c1. The molecule has 3 heterocycles. The number of anilines is 1. The molecule has 0 spiro atoms. The van der Waals surface area contributed by atoms with Gasteiger partial charge in [0.05, 0.1) is 24.7 Å². The summed E-state index contributed by atoms with van der Waals surface area (Å²) in [7, 11) is -4.24. The predicted octanol–water partition coefficient (Wildman–Crippen LogP) is 4.47. The lowest BCUT2D eigenvalue weighted by Gasteiger charge is -2.25. The summed E-state index contributed by atoms with van der Waals surface area (Å²) in [4.78, 5) is 12.1. The van der Waals surface area contributed by atoms with Crippen LogP contribution < -0.4 is 9.64 Å². The molecule has 0 amide bonds. The Kier molecular flexibility index (Phi) is 7.06. The van der Waals surface area contributed by atoms with Crippen molar-refractivity contribution in [2.75, 3.05) is 37.8 Å². The molecule has 0 radical (unpaired) electrons. The molecule has 0 saturated carbocycles. The van der Waals surface area contributed by atoms with Crippen LogP contribution in [0.15, 0.2) is 51.9 Å². The highest BCUT2D eigenvalue weighted by Crippen LogP contribution is 2.26. The Balaban J connectivity index is 1.22. The van der Waals surface area contributed by atoms with Gasteiger partial charge in [-0.2, -0.15) is 8.42 Å². The van der Waals surface area contributed by atoms with Crippen molar-refractivity contribution < 1.29 is 26.9 Å². The minimum absolute atomic E-state index is 0.123. The van der Waals surface area contributed by atoms with Crippen LogP contribution in [0.1, 0.15) is 21.9 Å². The van der Waals surface area contributed by atoms with E-state index in [0.29, 0.717) is 30.3 Å². The number of fused-ring (bicyclic) bond motifs is 1. The van der Waals surface area contributed by atoms with Crippen molar-refractivity contribution in [3.05, 3.63) is 64.5 Å². The molecule has 4 aromatic rings. The zero-order valence-electron chi connectivity index (χ0n) is 19.6. The Morgan fingerprint density at radius 3 is 2.81 bits per heavy atom. The van der Waals surface area contributed by atoms with Crippen LogP contribution in [0.2, 0.25) is 0 Å². The van der Waals surface area contributed by atoms with Crippen LogP contribution in [0.5, 0.6) is 5.75 Å². The molecule has 1 fully saturated rings. The summed E-state index contributed by atoms with van der Waals surface area (Å²) < 4.78 is 49.2. The van der Waals surface area contributed by atoms with E-state index in [0.717, 1.165) is 53.0 Å². The predicted molar refractivity (Wildman–Crippen MR) is 138 cm³/mol. The summed E-state index contributed by atoms with van der Waals surface area (Å²) >= 11 is 1.61. The van der Waals surface area contributed by atoms with Crippen molar-refractivity contribution in [3.8, 4) is 5.75 Å². The standard InChI is InChI=1S/C25H25N3O6S2/c1-17-2-5-21(36(29,30)31)14-18(17)8-11-33-19-3-6-22-23(15-19)34-24(27-22)7-4-20-16-26-25(35-20)28-9-12-32-13-10-28/h2-7,14-16H,8-13H2,1H3,(H,29,30,31)/b7-4+. The topological polar surface area (TPSA) is 115 Å². The molecule has 0 atom stereocenters. The normalized spacial score (nSPS) is 14.7. The minimum Gasteiger partial charge on any atom is -0.493 e. The van der Waals surface area contributed by atoms with E-state index >= 15 is 0 Å². The first-order valence-corrected chi connectivity index (χ1v) is 13.7. The van der Waals surface area contributed by atoms with Gasteiger partial charge in [-0.15, -0.1) is 0 Å². The Hall–Kier alpha value is -3.25. The number of aryl methyl sites for hydroxylation is 1. The number of hydrogen-bond donors (Lipinski definition) is 1. The second kappa shape index (κ2) is 10.4. The van der Waals surface area contributed by atoms with Crippen molar-refractivity contribution in [2.24, 2.45) is 0 Å². The van der Waals surface area contributed by atoms with Crippen LogP contribution in [0.25, 0.3) is 23.3 Å². The molecule has 1 aliphatic heterocycles. The molecule has 2 aromatic heterocycles. The Bertz CT molecular complexity index is 1500. The van der Waals surface area contributed by atoms with Crippen molar-refractivity contribution in [3.63, 3.8) is 0 Å². The number of aromatic nitrogens is 2. The molecule has 0 bridgehead atoms. The summed E-state index contributed by atoms with van der Waals surface area (Å²) in [6.07, 6.45) is 6.09. The van der Waals surface area contributed by atoms with Crippen molar-refractivity contribution in [1.82, 2.24) is 9.97 Å². The first-order valence-electron chi connectivity index (χ1n) is 11.4. The number of nitrogens with zero attached hydrogens (tertiary/aromatic N) is 3. The maximum atomic E-state index is 11.4. The first-order chi connectivity index (χ1) is 17.3. The fourth-order valence-corrected chi connectivity index (χ4v) is 5.25. The number of benzene rings is 2. The zero-order valence-corrected chi connectivity index (χ0v) is 21.2. The van der Waals surface area contributed by atoms with Gasteiger partial charge in [0.2, 0.25) is 5.89 Å². The third-order valence-corrected chi connectivity index (χ3v) is 7.69. The molecular formula is C25H25N3O6S2. The Morgan fingerprint density at radius 2 is 2.00 bits per heavy atom. The van der Waals surface area contributed by atoms with Crippen LogP contribution in [0, 0.1) is 6.92 Å². The van der Waals surface area contributed by atoms with Gasteiger partial charge in [0.1, 0.15) is 11.3 Å². The molecule has 1 saturated heterocycles. The summed E-state index contributed by atoms with van der Waals surface area (Å²) in [6.45, 7) is 5.36. The fraction of sp³-hybridized carbons (Fsp3) is 0.280. The van der Waals surface area contributed by atoms with Gasteiger partial charge in [-0.25, -0.2) is 9.97 Å². The Morgan fingerprint density at radius 1 is 1.17 bits per heavy atom. The summed E-state index contributed by atoms with van der Waals surface area (Å²) in [5.74, 6) is 1.11.